The number of hydrogen-bond donors (Lipinski definition) is 1. The maximum atomic E-state index is 12.2. The topological polar surface area (TPSA) is 77.5 Å². The summed E-state index contributed by atoms with van der Waals surface area (Å²) in [6.45, 7) is 2.30. The minimum atomic E-state index is -0.170. The van der Waals surface area contributed by atoms with Crippen molar-refractivity contribution < 1.29 is 19.1 Å². The molecule has 2 rings (SSSR count). The quantitative estimate of drug-likeness (QED) is 0.742. The number of nitrogens with zero attached hydrogens (tertiary/aromatic N) is 1. The van der Waals surface area contributed by atoms with E-state index in [2.05, 4.69) is 10.3 Å². The summed E-state index contributed by atoms with van der Waals surface area (Å²) in [7, 11) is 3.05. The van der Waals surface area contributed by atoms with Crippen molar-refractivity contribution in [2.75, 3.05) is 14.2 Å². The average molecular weight is 348 g/mol. The van der Waals surface area contributed by atoms with Gasteiger partial charge in [0.1, 0.15) is 5.01 Å². The lowest BCUT2D eigenvalue weighted by Crippen LogP contribution is -2.23. The second-order valence-corrected chi connectivity index (χ2v) is 6.09. The Morgan fingerprint density at radius 1 is 1.17 bits per heavy atom. The number of aromatic nitrogens is 1. The Morgan fingerprint density at radius 2 is 1.92 bits per heavy atom. The SMILES string of the molecule is COc1ccc(C(=O)CCC(=O)NCc2nc(C)cs2)cc1OC. The molecule has 0 spiro atoms. The summed E-state index contributed by atoms with van der Waals surface area (Å²) in [6.07, 6.45) is 0.274. The van der Waals surface area contributed by atoms with Gasteiger partial charge in [0.15, 0.2) is 17.3 Å². The molecular weight excluding hydrogens is 328 g/mol. The van der Waals surface area contributed by atoms with Gasteiger partial charge >= 0.3 is 0 Å². The van der Waals surface area contributed by atoms with E-state index in [1.54, 1.807) is 18.2 Å². The minimum absolute atomic E-state index is 0.115. The number of hydrogen-bond acceptors (Lipinski definition) is 6. The lowest BCUT2D eigenvalue weighted by atomic mass is 10.1. The zero-order chi connectivity index (χ0) is 17.5. The number of carbonyl (C=O) groups excluding carboxylic acids is 2. The van der Waals surface area contributed by atoms with Crippen molar-refractivity contribution in [3.05, 3.63) is 39.8 Å². The second-order valence-electron chi connectivity index (χ2n) is 5.15. The molecule has 0 aliphatic heterocycles. The molecule has 0 saturated carbocycles. The Balaban J connectivity index is 1.84. The summed E-state index contributed by atoms with van der Waals surface area (Å²) in [5, 5.41) is 5.56. The molecule has 128 valence electrons. The lowest BCUT2D eigenvalue weighted by Gasteiger charge is -2.09. The van der Waals surface area contributed by atoms with Crippen LogP contribution in [-0.4, -0.2) is 30.9 Å². The smallest absolute Gasteiger partial charge is 0.220 e. The zero-order valence-electron chi connectivity index (χ0n) is 13.9. The molecule has 0 aliphatic carbocycles. The molecule has 0 bridgehead atoms. The number of Topliss-reactive ketones (excluding diaryl/α,β-unsaturated/α-hetero) is 1. The van der Waals surface area contributed by atoms with Crippen LogP contribution in [0.3, 0.4) is 0 Å². The molecule has 0 atom stereocenters. The maximum Gasteiger partial charge on any atom is 0.220 e. The normalized spacial score (nSPS) is 10.3. The van der Waals surface area contributed by atoms with Gasteiger partial charge in [0.25, 0.3) is 0 Å². The molecule has 1 aromatic carbocycles. The first kappa shape index (κ1) is 17.9. The van der Waals surface area contributed by atoms with Crippen LogP contribution in [0.2, 0.25) is 0 Å². The first-order valence-electron chi connectivity index (χ1n) is 7.46. The zero-order valence-corrected chi connectivity index (χ0v) is 14.7. The van der Waals surface area contributed by atoms with Crippen LogP contribution >= 0.6 is 11.3 Å². The first-order chi connectivity index (χ1) is 11.5. The summed E-state index contributed by atoms with van der Waals surface area (Å²) < 4.78 is 10.3. The van der Waals surface area contributed by atoms with Crippen LogP contribution in [0.1, 0.15) is 33.9 Å². The molecule has 1 N–H and O–H groups in total. The summed E-state index contributed by atoms with van der Waals surface area (Å²) in [5.74, 6) is 0.769. The number of ketones is 1. The third-order valence-electron chi connectivity index (χ3n) is 3.39. The van der Waals surface area contributed by atoms with Gasteiger partial charge in [0, 0.05) is 29.5 Å². The van der Waals surface area contributed by atoms with E-state index in [9.17, 15) is 9.59 Å². The van der Waals surface area contributed by atoms with E-state index in [-0.39, 0.29) is 24.5 Å². The fourth-order valence-electron chi connectivity index (χ4n) is 2.13. The number of benzene rings is 1. The van der Waals surface area contributed by atoms with Crippen molar-refractivity contribution in [2.24, 2.45) is 0 Å². The molecule has 1 aromatic heterocycles. The number of methoxy groups -OCH3 is 2. The third-order valence-corrected chi connectivity index (χ3v) is 4.35. The van der Waals surface area contributed by atoms with Crippen LogP contribution < -0.4 is 14.8 Å². The van der Waals surface area contributed by atoms with Crippen molar-refractivity contribution >= 4 is 23.0 Å². The number of rotatable bonds is 8. The van der Waals surface area contributed by atoms with E-state index in [4.69, 9.17) is 9.47 Å². The monoisotopic (exact) mass is 348 g/mol. The second kappa shape index (κ2) is 8.44. The van der Waals surface area contributed by atoms with Gasteiger partial charge in [-0.1, -0.05) is 0 Å². The van der Waals surface area contributed by atoms with Gasteiger partial charge in [-0.25, -0.2) is 4.98 Å². The fourth-order valence-corrected chi connectivity index (χ4v) is 2.84. The van der Waals surface area contributed by atoms with Crippen molar-refractivity contribution in [1.29, 1.82) is 0 Å². The Labute approximate surface area is 144 Å². The van der Waals surface area contributed by atoms with E-state index in [0.717, 1.165) is 10.7 Å². The molecule has 0 aliphatic rings. The molecule has 1 amide bonds. The summed E-state index contributed by atoms with van der Waals surface area (Å²) in [4.78, 5) is 28.3. The number of amides is 1. The van der Waals surface area contributed by atoms with Gasteiger partial charge in [-0.2, -0.15) is 0 Å². The van der Waals surface area contributed by atoms with Crippen LogP contribution in [0.4, 0.5) is 0 Å². The van der Waals surface area contributed by atoms with Crippen molar-refractivity contribution in [3.63, 3.8) is 0 Å². The Morgan fingerprint density at radius 3 is 2.54 bits per heavy atom. The minimum Gasteiger partial charge on any atom is -0.493 e. The highest BCUT2D eigenvalue weighted by atomic mass is 32.1. The van der Waals surface area contributed by atoms with Gasteiger partial charge < -0.3 is 14.8 Å². The van der Waals surface area contributed by atoms with Gasteiger partial charge in [-0.15, -0.1) is 11.3 Å². The van der Waals surface area contributed by atoms with Gasteiger partial charge in [0.2, 0.25) is 5.91 Å². The van der Waals surface area contributed by atoms with Gasteiger partial charge in [0.05, 0.1) is 20.8 Å². The van der Waals surface area contributed by atoms with Crippen LogP contribution in [0.25, 0.3) is 0 Å². The molecule has 0 fully saturated rings. The van der Waals surface area contributed by atoms with Gasteiger partial charge in [-0.3, -0.25) is 9.59 Å². The third kappa shape index (κ3) is 4.79. The van der Waals surface area contributed by atoms with E-state index >= 15 is 0 Å². The van der Waals surface area contributed by atoms with Crippen molar-refractivity contribution in [3.8, 4) is 11.5 Å². The summed E-state index contributed by atoms with van der Waals surface area (Å²) >= 11 is 1.50. The molecular formula is C17H20N2O4S. The molecule has 1 heterocycles. The Hall–Kier alpha value is -2.41. The number of ether oxygens (including phenoxy) is 2. The Kier molecular flexibility index (Phi) is 6.31. The number of carbonyl (C=O) groups is 2. The highest BCUT2D eigenvalue weighted by Crippen LogP contribution is 2.28. The van der Waals surface area contributed by atoms with Gasteiger partial charge in [-0.05, 0) is 25.1 Å². The van der Waals surface area contributed by atoms with E-state index in [0.29, 0.717) is 23.6 Å². The molecule has 0 saturated heterocycles. The first-order valence-corrected chi connectivity index (χ1v) is 8.34. The largest absolute Gasteiger partial charge is 0.493 e. The number of nitrogens with one attached hydrogen (secondary N) is 1. The molecule has 2 aromatic rings. The predicted octanol–water partition coefficient (Wildman–Crippen LogP) is 2.75. The molecule has 7 heteroatoms. The Bertz CT molecular complexity index is 727. The molecule has 6 nitrogen and oxygen atoms in total. The fraction of sp³-hybridized carbons (Fsp3) is 0.353. The number of aryl methyl sites for hydroxylation is 1. The number of thiazole rings is 1. The molecule has 0 radical (unpaired) electrons. The van der Waals surface area contributed by atoms with Crippen LogP contribution in [-0.2, 0) is 11.3 Å². The highest BCUT2D eigenvalue weighted by Gasteiger charge is 2.13. The maximum absolute atomic E-state index is 12.2. The van der Waals surface area contributed by atoms with Crippen molar-refractivity contribution in [1.82, 2.24) is 10.3 Å². The van der Waals surface area contributed by atoms with Crippen LogP contribution in [0.5, 0.6) is 11.5 Å². The van der Waals surface area contributed by atoms with Crippen molar-refractivity contribution in [2.45, 2.75) is 26.3 Å². The highest BCUT2D eigenvalue weighted by molar-refractivity contribution is 7.09. The van der Waals surface area contributed by atoms with Crippen LogP contribution in [0.15, 0.2) is 23.6 Å². The molecule has 0 unspecified atom stereocenters. The van der Waals surface area contributed by atoms with E-state index < -0.39 is 0 Å². The lowest BCUT2D eigenvalue weighted by molar-refractivity contribution is -0.121. The summed E-state index contributed by atoms with van der Waals surface area (Å²) in [5.41, 5.74) is 1.43. The summed E-state index contributed by atoms with van der Waals surface area (Å²) in [6, 6.07) is 4.97. The van der Waals surface area contributed by atoms with E-state index in [1.807, 2.05) is 12.3 Å². The van der Waals surface area contributed by atoms with E-state index in [1.165, 1.54) is 25.6 Å². The standard InChI is InChI=1S/C17H20N2O4S/c1-11-10-24-17(19-11)9-18-16(21)7-5-13(20)12-4-6-14(22-2)15(8-12)23-3/h4,6,8,10H,5,7,9H2,1-3H3,(H,18,21). The molecule has 24 heavy (non-hydrogen) atoms. The predicted molar refractivity (Wildman–Crippen MR) is 91.8 cm³/mol. The van der Waals surface area contributed by atoms with Crippen LogP contribution in [0, 0.1) is 6.92 Å². The average Bonchev–Trinajstić information content (AvgIpc) is 3.02.